The molecule has 0 aliphatic heterocycles. The molecule has 10 rings (SSSR count). The molecule has 10 aromatic rings. The highest BCUT2D eigenvalue weighted by Gasteiger charge is 2.18. The lowest BCUT2D eigenvalue weighted by molar-refractivity contribution is 1.15. The first-order chi connectivity index (χ1) is 37.1. The summed E-state index contributed by atoms with van der Waals surface area (Å²) in [5, 5.41) is 4.73. The molecule has 2 N–H and O–H groups in total. The standard InChI is InChI=1S/C69H56N6/c1-4-7-8-13-23-44-71-62(36-17-11-9-10-12-22-43-70)54-30-24-32-56(45-54)74-65-37-20-18-34-58(65)60-47-52(39-41-67(60)74)53-40-42-68-61(48-53)59-35-19-21-38-66(59)75(68)57-33-25-31-55(46-57)64-49-63(50(26-5-2)27-6-3)72-69(73-64)51-28-15-14-16-29-51/h4-49H,2,70H2,1,3H3/b7-4+,11-9+,12-10-,13-8-,27-6-,36-17+,43-22-,44-23-,50-26+,71-62-. The maximum atomic E-state index is 5.48. The lowest BCUT2D eigenvalue weighted by Gasteiger charge is -2.13. The van der Waals surface area contributed by atoms with Gasteiger partial charge in [-0.15, -0.1) is 0 Å². The van der Waals surface area contributed by atoms with Crippen LogP contribution in [0.3, 0.4) is 0 Å². The zero-order valence-corrected chi connectivity index (χ0v) is 42.1. The lowest BCUT2D eigenvalue weighted by atomic mass is 10.0. The maximum Gasteiger partial charge on any atom is 0.160 e. The Hall–Kier alpha value is -9.91. The van der Waals surface area contributed by atoms with Crippen molar-refractivity contribution in [2.75, 3.05) is 0 Å². The van der Waals surface area contributed by atoms with Crippen molar-refractivity contribution in [3.05, 3.63) is 297 Å². The second-order valence-corrected chi connectivity index (χ2v) is 17.7. The summed E-state index contributed by atoms with van der Waals surface area (Å²) < 4.78 is 4.73. The number of fused-ring (bicyclic) bond motifs is 6. The van der Waals surface area contributed by atoms with E-state index in [2.05, 4.69) is 173 Å². The Labute approximate surface area is 438 Å². The molecule has 6 heteroatoms. The van der Waals surface area contributed by atoms with Gasteiger partial charge in [-0.25, -0.2) is 9.97 Å². The molecule has 0 fully saturated rings. The second kappa shape index (κ2) is 23.1. The van der Waals surface area contributed by atoms with Gasteiger partial charge in [0.1, 0.15) is 0 Å². The Morgan fingerprint density at radius 1 is 0.480 bits per heavy atom. The molecule has 0 bridgehead atoms. The number of hydrogen-bond acceptors (Lipinski definition) is 4. The summed E-state index contributed by atoms with van der Waals surface area (Å²) in [4.78, 5) is 15.1. The van der Waals surface area contributed by atoms with Gasteiger partial charge in [-0.3, -0.25) is 4.99 Å². The largest absolute Gasteiger partial charge is 0.405 e. The van der Waals surface area contributed by atoms with Gasteiger partial charge in [0, 0.05) is 55.8 Å². The van der Waals surface area contributed by atoms with E-state index in [1.807, 2.05) is 117 Å². The summed E-state index contributed by atoms with van der Waals surface area (Å²) in [5.41, 5.74) is 20.8. The number of rotatable bonds is 16. The van der Waals surface area contributed by atoms with Crippen LogP contribution in [0.4, 0.5) is 0 Å². The molecule has 0 radical (unpaired) electrons. The van der Waals surface area contributed by atoms with Crippen molar-refractivity contribution in [1.82, 2.24) is 19.1 Å². The van der Waals surface area contributed by atoms with Gasteiger partial charge < -0.3 is 14.9 Å². The Morgan fingerprint density at radius 3 is 1.73 bits per heavy atom. The molecule has 0 atom stereocenters. The van der Waals surface area contributed by atoms with E-state index in [0.29, 0.717) is 5.82 Å². The molecule has 6 nitrogen and oxygen atoms in total. The smallest absolute Gasteiger partial charge is 0.160 e. The minimum Gasteiger partial charge on any atom is -0.405 e. The van der Waals surface area contributed by atoms with E-state index in [1.165, 1.54) is 27.7 Å². The second-order valence-electron chi connectivity index (χ2n) is 17.7. The zero-order chi connectivity index (χ0) is 51.3. The van der Waals surface area contributed by atoms with Crippen LogP contribution in [0.15, 0.2) is 291 Å². The van der Waals surface area contributed by atoms with E-state index in [0.717, 1.165) is 83.9 Å². The molecule has 0 spiro atoms. The normalized spacial score (nSPS) is 13.0. The van der Waals surface area contributed by atoms with Crippen LogP contribution < -0.4 is 5.73 Å². The predicted molar refractivity (Wildman–Crippen MR) is 320 cm³/mol. The number of allylic oxidation sites excluding steroid dienone is 17. The van der Waals surface area contributed by atoms with Gasteiger partial charge >= 0.3 is 0 Å². The number of nitrogens with two attached hydrogens (primary N) is 1. The first-order valence-corrected chi connectivity index (χ1v) is 25.2. The topological polar surface area (TPSA) is 74.0 Å². The highest BCUT2D eigenvalue weighted by atomic mass is 15.0. The first kappa shape index (κ1) is 48.7. The molecule has 0 amide bonds. The maximum absolute atomic E-state index is 5.48. The molecule has 75 heavy (non-hydrogen) atoms. The molecule has 7 aromatic carbocycles. The summed E-state index contributed by atoms with van der Waals surface area (Å²) in [7, 11) is 0. The molecule has 0 saturated heterocycles. The fourth-order valence-corrected chi connectivity index (χ4v) is 9.56. The van der Waals surface area contributed by atoms with Gasteiger partial charge in [-0.1, -0.05) is 189 Å². The predicted octanol–water partition coefficient (Wildman–Crippen LogP) is 17.4. The Balaban J connectivity index is 1.04. The minimum atomic E-state index is 0.667. The van der Waals surface area contributed by atoms with Crippen LogP contribution >= 0.6 is 0 Å². The molecule has 0 aliphatic carbocycles. The summed E-state index contributed by atoms with van der Waals surface area (Å²) in [6.45, 7) is 7.99. The van der Waals surface area contributed by atoms with Gasteiger partial charge in [0.15, 0.2) is 5.82 Å². The van der Waals surface area contributed by atoms with Crippen LogP contribution in [0, 0.1) is 0 Å². The number of para-hydroxylation sites is 2. The van der Waals surface area contributed by atoms with Crippen molar-refractivity contribution in [3.8, 4) is 45.1 Å². The van der Waals surface area contributed by atoms with E-state index in [4.69, 9.17) is 20.7 Å². The number of aliphatic imine (C=N–C) groups is 1. The Kier molecular flexibility index (Phi) is 15.0. The van der Waals surface area contributed by atoms with Gasteiger partial charge in [0.2, 0.25) is 0 Å². The van der Waals surface area contributed by atoms with Crippen LogP contribution in [-0.2, 0) is 0 Å². The minimum absolute atomic E-state index is 0.667. The Bertz CT molecular complexity index is 4050. The van der Waals surface area contributed by atoms with Gasteiger partial charge in [0.25, 0.3) is 0 Å². The zero-order valence-electron chi connectivity index (χ0n) is 42.1. The highest BCUT2D eigenvalue weighted by molar-refractivity contribution is 6.13. The lowest BCUT2D eigenvalue weighted by Crippen LogP contribution is -2.00. The molecule has 3 aromatic heterocycles. The van der Waals surface area contributed by atoms with Crippen molar-refractivity contribution in [1.29, 1.82) is 0 Å². The third-order valence-corrected chi connectivity index (χ3v) is 12.9. The molecule has 0 aliphatic rings. The number of benzene rings is 7. The first-order valence-electron chi connectivity index (χ1n) is 25.2. The molecule has 0 unspecified atom stereocenters. The van der Waals surface area contributed by atoms with Crippen molar-refractivity contribution < 1.29 is 0 Å². The summed E-state index contributed by atoms with van der Waals surface area (Å²) >= 11 is 0. The fourth-order valence-electron chi connectivity index (χ4n) is 9.56. The van der Waals surface area contributed by atoms with E-state index >= 15 is 0 Å². The number of hydrogen-bond donors (Lipinski definition) is 1. The van der Waals surface area contributed by atoms with Crippen LogP contribution in [-0.4, -0.2) is 24.8 Å². The third-order valence-electron chi connectivity index (χ3n) is 12.9. The van der Waals surface area contributed by atoms with Crippen molar-refractivity contribution in [3.63, 3.8) is 0 Å². The summed E-state index contributed by atoms with van der Waals surface area (Å²) in [6, 6.07) is 60.6. The van der Waals surface area contributed by atoms with E-state index in [1.54, 1.807) is 12.2 Å². The monoisotopic (exact) mass is 968 g/mol. The number of nitrogens with zero attached hydrogens (tertiary/aromatic N) is 5. The highest BCUT2D eigenvalue weighted by Crippen LogP contribution is 2.39. The average molecular weight is 969 g/mol. The SMILES string of the molecule is C=C/C=C(\C=C/C)c1cc(-c2cccc(-n3c4ccccc4c4cc(-c5ccc6c(c5)c5ccccc5n6-c5cccc(C(/C=C/C=C/C=C\C=C/N)=N\C=C/C=C\C=C\C)c5)ccc43)c2)nc(-c2ccccc2)n1. The van der Waals surface area contributed by atoms with E-state index in [-0.39, 0.29) is 0 Å². The van der Waals surface area contributed by atoms with Crippen LogP contribution in [0.25, 0.3) is 94.3 Å². The average Bonchev–Trinajstić information content (AvgIpc) is 3.99. The van der Waals surface area contributed by atoms with Crippen molar-refractivity contribution >= 4 is 54.9 Å². The van der Waals surface area contributed by atoms with Crippen molar-refractivity contribution in [2.24, 2.45) is 10.7 Å². The summed E-state index contributed by atoms with van der Waals surface area (Å²) in [6.07, 6.45) is 34.7. The van der Waals surface area contributed by atoms with E-state index in [9.17, 15) is 0 Å². The van der Waals surface area contributed by atoms with Gasteiger partial charge in [0.05, 0.1) is 39.2 Å². The van der Waals surface area contributed by atoms with Crippen molar-refractivity contribution in [2.45, 2.75) is 13.8 Å². The van der Waals surface area contributed by atoms with Crippen LogP contribution in [0.5, 0.6) is 0 Å². The number of aromatic nitrogens is 4. The molecule has 0 saturated carbocycles. The molecular formula is C69H56N6. The third kappa shape index (κ3) is 10.5. The molecular weight excluding hydrogens is 913 g/mol. The summed E-state index contributed by atoms with van der Waals surface area (Å²) in [5.74, 6) is 0.667. The quantitative estimate of drug-likeness (QED) is 0.0774. The fraction of sp³-hybridized carbons (Fsp3) is 0.0290. The molecule has 3 heterocycles. The van der Waals surface area contributed by atoms with Crippen LogP contribution in [0.1, 0.15) is 25.1 Å². The van der Waals surface area contributed by atoms with E-state index < -0.39 is 0 Å². The van der Waals surface area contributed by atoms with Crippen LogP contribution in [0.2, 0.25) is 0 Å². The molecule has 362 valence electrons. The van der Waals surface area contributed by atoms with Gasteiger partial charge in [-0.05, 0) is 122 Å². The van der Waals surface area contributed by atoms with Gasteiger partial charge in [-0.2, -0.15) is 0 Å². The Morgan fingerprint density at radius 2 is 1.07 bits per heavy atom.